The summed E-state index contributed by atoms with van der Waals surface area (Å²) in [6, 6.07) is 6.61. The number of rotatable bonds is 5. The van der Waals surface area contributed by atoms with E-state index in [2.05, 4.69) is 10.3 Å². The number of aromatic nitrogens is 2. The number of nitrogens with one attached hydrogen (secondary N) is 1. The van der Waals surface area contributed by atoms with E-state index in [-0.39, 0.29) is 19.4 Å². The number of carboxylic acid groups (broad SMARTS) is 1. The fraction of sp³-hybridized carbons (Fsp3) is 0.500. The van der Waals surface area contributed by atoms with Gasteiger partial charge in [-0.25, -0.2) is 23.9 Å². The number of imidazole rings is 1. The Morgan fingerprint density at radius 1 is 1.03 bits per heavy atom. The van der Waals surface area contributed by atoms with E-state index in [4.69, 9.17) is 9.47 Å². The van der Waals surface area contributed by atoms with Crippen LogP contribution in [0.5, 0.6) is 0 Å². The van der Waals surface area contributed by atoms with Crippen LogP contribution in [0.2, 0.25) is 0 Å². The zero-order chi connectivity index (χ0) is 27.5. The lowest BCUT2D eigenvalue weighted by atomic mass is 10.0. The predicted octanol–water partition coefficient (Wildman–Crippen LogP) is 3.14. The Kier molecular flexibility index (Phi) is 7.94. The van der Waals surface area contributed by atoms with Gasteiger partial charge < -0.3 is 19.9 Å². The van der Waals surface area contributed by atoms with Crippen molar-refractivity contribution in [2.24, 2.45) is 0 Å². The van der Waals surface area contributed by atoms with Crippen LogP contribution in [0, 0.1) is 0 Å². The maximum Gasteiger partial charge on any atom is 0.420 e. The van der Waals surface area contributed by atoms with Crippen LogP contribution in [0.3, 0.4) is 0 Å². The van der Waals surface area contributed by atoms with Crippen molar-refractivity contribution in [3.63, 3.8) is 0 Å². The minimum absolute atomic E-state index is 0.0338. The Morgan fingerprint density at radius 3 is 2.19 bits per heavy atom. The fourth-order valence-corrected chi connectivity index (χ4v) is 3.85. The predicted molar refractivity (Wildman–Crippen MR) is 133 cm³/mol. The second-order valence-electron chi connectivity index (χ2n) is 10.9. The first-order chi connectivity index (χ1) is 17.1. The Morgan fingerprint density at radius 2 is 1.62 bits per heavy atom. The van der Waals surface area contributed by atoms with Crippen LogP contribution in [-0.2, 0) is 38.4 Å². The molecule has 2 atom stereocenters. The molecule has 1 aliphatic heterocycles. The summed E-state index contributed by atoms with van der Waals surface area (Å²) in [5.41, 5.74) is -0.0354. The van der Waals surface area contributed by atoms with Crippen molar-refractivity contribution in [2.75, 3.05) is 0 Å². The normalized spacial score (nSPS) is 16.4. The van der Waals surface area contributed by atoms with Crippen LogP contribution in [0.15, 0.2) is 36.7 Å². The van der Waals surface area contributed by atoms with Crippen molar-refractivity contribution >= 4 is 24.1 Å². The van der Waals surface area contributed by atoms with Crippen LogP contribution in [0.25, 0.3) is 0 Å². The molecular formula is C26H34N4O7. The number of amides is 2. The molecule has 0 radical (unpaired) electrons. The molecule has 2 heterocycles. The molecule has 0 saturated carbocycles. The lowest BCUT2D eigenvalue weighted by molar-refractivity contribution is -0.142. The van der Waals surface area contributed by atoms with Crippen molar-refractivity contribution in [1.29, 1.82) is 0 Å². The highest BCUT2D eigenvalue weighted by atomic mass is 16.6. The first-order valence-electron chi connectivity index (χ1n) is 12.0. The summed E-state index contributed by atoms with van der Waals surface area (Å²) < 4.78 is 12.2. The molecule has 1 aliphatic rings. The lowest BCUT2D eigenvalue weighted by Gasteiger charge is -2.36. The van der Waals surface area contributed by atoms with Crippen LogP contribution in [0.4, 0.5) is 9.59 Å². The number of aliphatic carboxylic acids is 1. The average Bonchev–Trinajstić information content (AvgIpc) is 3.19. The molecule has 200 valence electrons. The fourth-order valence-electron chi connectivity index (χ4n) is 3.85. The standard InChI is InChI=1S/C26H34N4O7/c1-25(2,3)36-23(34)29-14-20-17(27-15-30(20)24(35)37-26(4,5)6)13-19(29)21(31)28-18(22(32)33)12-16-10-8-7-9-11-16/h7-11,15,18-19H,12-14H2,1-6H3,(H,28,31)(H,32,33)/t18-,19-/m0/s1. The molecule has 11 nitrogen and oxygen atoms in total. The molecule has 3 rings (SSSR count). The van der Waals surface area contributed by atoms with E-state index in [1.165, 1.54) is 15.8 Å². The Bertz CT molecular complexity index is 1160. The molecule has 1 aromatic carbocycles. The maximum atomic E-state index is 13.4. The number of carboxylic acids is 1. The molecule has 0 bridgehead atoms. The van der Waals surface area contributed by atoms with Gasteiger partial charge in [0.15, 0.2) is 0 Å². The molecule has 0 spiro atoms. The van der Waals surface area contributed by atoms with Crippen molar-refractivity contribution in [3.8, 4) is 0 Å². The highest BCUT2D eigenvalue weighted by Gasteiger charge is 2.41. The third-order valence-corrected chi connectivity index (χ3v) is 5.45. The zero-order valence-electron chi connectivity index (χ0n) is 22.0. The number of carbonyl (C=O) groups is 4. The summed E-state index contributed by atoms with van der Waals surface area (Å²) in [5.74, 6) is -1.86. The van der Waals surface area contributed by atoms with Crippen molar-refractivity contribution in [3.05, 3.63) is 53.6 Å². The van der Waals surface area contributed by atoms with Gasteiger partial charge in [0.05, 0.1) is 17.9 Å². The molecule has 37 heavy (non-hydrogen) atoms. The van der Waals surface area contributed by atoms with Gasteiger partial charge in [-0.15, -0.1) is 0 Å². The number of ether oxygens (including phenoxy) is 2. The number of carbonyl (C=O) groups excluding carboxylic acids is 3. The third kappa shape index (κ3) is 7.31. The van der Waals surface area contributed by atoms with E-state index in [1.807, 2.05) is 6.07 Å². The molecule has 0 saturated heterocycles. The Labute approximate surface area is 215 Å². The average molecular weight is 515 g/mol. The van der Waals surface area contributed by atoms with E-state index in [1.54, 1.807) is 65.8 Å². The van der Waals surface area contributed by atoms with E-state index in [0.29, 0.717) is 11.4 Å². The van der Waals surface area contributed by atoms with Crippen LogP contribution >= 0.6 is 0 Å². The summed E-state index contributed by atoms with van der Waals surface area (Å²) in [5, 5.41) is 12.3. The maximum absolute atomic E-state index is 13.4. The topological polar surface area (TPSA) is 140 Å². The molecule has 1 aromatic heterocycles. The monoisotopic (exact) mass is 514 g/mol. The van der Waals surface area contributed by atoms with Gasteiger partial charge >= 0.3 is 18.2 Å². The number of hydrogen-bond acceptors (Lipinski definition) is 7. The lowest BCUT2D eigenvalue weighted by Crippen LogP contribution is -2.56. The molecule has 0 fully saturated rings. The molecule has 2 N–H and O–H groups in total. The summed E-state index contributed by atoms with van der Waals surface area (Å²) in [6.45, 7) is 10.1. The smallest absolute Gasteiger partial charge is 0.420 e. The summed E-state index contributed by atoms with van der Waals surface area (Å²) in [6.07, 6.45) is -0.109. The second-order valence-corrected chi connectivity index (χ2v) is 10.9. The van der Waals surface area contributed by atoms with Crippen molar-refractivity contribution in [1.82, 2.24) is 19.8 Å². The molecule has 0 aliphatic carbocycles. The van der Waals surface area contributed by atoms with Gasteiger partial charge in [-0.2, -0.15) is 0 Å². The van der Waals surface area contributed by atoms with Crippen LogP contribution in [-0.4, -0.2) is 66.9 Å². The van der Waals surface area contributed by atoms with Gasteiger partial charge in [-0.1, -0.05) is 30.3 Å². The Balaban J connectivity index is 1.89. The number of hydrogen-bond donors (Lipinski definition) is 2. The number of fused-ring (bicyclic) bond motifs is 1. The minimum Gasteiger partial charge on any atom is -0.480 e. The SMILES string of the molecule is CC(C)(C)OC(=O)N1Cc2c(ncn2C(=O)OC(C)(C)C)C[C@H]1C(=O)N[C@@H](Cc1ccccc1)C(=O)O. The second kappa shape index (κ2) is 10.6. The molecule has 2 amide bonds. The molecule has 0 unspecified atom stereocenters. The van der Waals surface area contributed by atoms with E-state index in [0.717, 1.165) is 5.56 Å². The van der Waals surface area contributed by atoms with Crippen LogP contribution in [0.1, 0.15) is 58.5 Å². The minimum atomic E-state index is -1.21. The third-order valence-electron chi connectivity index (χ3n) is 5.45. The van der Waals surface area contributed by atoms with E-state index >= 15 is 0 Å². The Hall–Kier alpha value is -3.89. The van der Waals surface area contributed by atoms with Gasteiger partial charge in [0, 0.05) is 12.8 Å². The quantitative estimate of drug-likeness (QED) is 0.620. The van der Waals surface area contributed by atoms with Crippen molar-refractivity contribution in [2.45, 2.75) is 84.2 Å². The molecule has 11 heteroatoms. The van der Waals surface area contributed by atoms with Crippen LogP contribution < -0.4 is 5.32 Å². The first-order valence-corrected chi connectivity index (χ1v) is 12.0. The molecule has 2 aromatic rings. The largest absolute Gasteiger partial charge is 0.480 e. The summed E-state index contributed by atoms with van der Waals surface area (Å²) >= 11 is 0. The summed E-state index contributed by atoms with van der Waals surface area (Å²) in [7, 11) is 0. The van der Waals surface area contributed by atoms with E-state index < -0.39 is 47.3 Å². The van der Waals surface area contributed by atoms with Gasteiger partial charge in [0.1, 0.15) is 29.6 Å². The van der Waals surface area contributed by atoms with Gasteiger partial charge in [0.2, 0.25) is 5.91 Å². The highest BCUT2D eigenvalue weighted by Crippen LogP contribution is 2.26. The van der Waals surface area contributed by atoms with Gasteiger partial charge in [0.25, 0.3) is 0 Å². The van der Waals surface area contributed by atoms with Crippen molar-refractivity contribution < 1.29 is 33.8 Å². The number of nitrogens with zero attached hydrogens (tertiary/aromatic N) is 3. The van der Waals surface area contributed by atoms with Gasteiger partial charge in [-0.3, -0.25) is 9.69 Å². The molecular weight excluding hydrogens is 480 g/mol. The first kappa shape index (κ1) is 27.7. The highest BCUT2D eigenvalue weighted by molar-refractivity contribution is 5.90. The summed E-state index contributed by atoms with van der Waals surface area (Å²) in [4.78, 5) is 56.6. The number of benzene rings is 1. The van der Waals surface area contributed by atoms with Gasteiger partial charge in [-0.05, 0) is 47.1 Å². The van der Waals surface area contributed by atoms with E-state index in [9.17, 15) is 24.3 Å². The zero-order valence-corrected chi connectivity index (χ0v) is 22.0.